The molecule has 1 N–H and O–H groups in total. The molecule has 0 amide bonds. The van der Waals surface area contributed by atoms with Crippen LogP contribution in [-0.4, -0.2) is 24.7 Å². The molecule has 0 aliphatic rings. The first kappa shape index (κ1) is 10.6. The first-order valence-corrected chi connectivity index (χ1v) is 5.32. The minimum Gasteiger partial charge on any atom is -0.380 e. The van der Waals surface area contributed by atoms with Crippen LogP contribution in [0.5, 0.6) is 0 Å². The molecule has 2 atom stereocenters. The summed E-state index contributed by atoms with van der Waals surface area (Å²) in [5.41, 5.74) is 2.96. The normalized spacial score (nSPS) is 15.6. The van der Waals surface area contributed by atoms with Gasteiger partial charge in [-0.05, 0) is 13.8 Å². The number of aromatic nitrogens is 1. The third-order valence-electron chi connectivity index (χ3n) is 2.01. The van der Waals surface area contributed by atoms with Crippen molar-refractivity contribution in [2.24, 2.45) is 0 Å². The molecule has 2 unspecified atom stereocenters. The van der Waals surface area contributed by atoms with E-state index in [2.05, 4.69) is 22.6 Å². The molecule has 1 aromatic heterocycles. The summed E-state index contributed by atoms with van der Waals surface area (Å²) in [6.07, 6.45) is 0.251. The lowest BCUT2D eigenvalue weighted by Gasteiger charge is -2.15. The second-order valence-corrected chi connectivity index (χ2v) is 3.81. The molecule has 13 heavy (non-hydrogen) atoms. The van der Waals surface area contributed by atoms with Gasteiger partial charge in [0, 0.05) is 25.1 Å². The van der Waals surface area contributed by atoms with Crippen molar-refractivity contribution in [3.63, 3.8) is 0 Å². The van der Waals surface area contributed by atoms with E-state index in [-0.39, 0.29) is 6.10 Å². The number of nitrogens with one attached hydrogen (secondary N) is 1. The standard InChI is InChI=1S/C9H16N2OS/c1-7(12-3)4-10-8(2)9-5-13-6-11-9/h5-8,10H,4H2,1-3H3. The summed E-state index contributed by atoms with van der Waals surface area (Å²) < 4.78 is 5.14. The van der Waals surface area contributed by atoms with Gasteiger partial charge in [-0.2, -0.15) is 0 Å². The van der Waals surface area contributed by atoms with Crippen LogP contribution < -0.4 is 5.32 Å². The van der Waals surface area contributed by atoms with Gasteiger partial charge in [0.2, 0.25) is 0 Å². The van der Waals surface area contributed by atoms with Crippen LogP contribution in [0.25, 0.3) is 0 Å². The topological polar surface area (TPSA) is 34.1 Å². The molecule has 0 saturated heterocycles. The smallest absolute Gasteiger partial charge is 0.0795 e. The summed E-state index contributed by atoms with van der Waals surface area (Å²) in [7, 11) is 1.72. The average Bonchev–Trinajstić information content (AvgIpc) is 2.66. The van der Waals surface area contributed by atoms with Gasteiger partial charge >= 0.3 is 0 Å². The Morgan fingerprint density at radius 2 is 2.38 bits per heavy atom. The highest BCUT2D eigenvalue weighted by Gasteiger charge is 2.07. The molecule has 0 aliphatic carbocycles. The van der Waals surface area contributed by atoms with Crippen molar-refractivity contribution in [3.05, 3.63) is 16.6 Å². The average molecular weight is 200 g/mol. The van der Waals surface area contributed by atoms with Crippen LogP contribution in [0.1, 0.15) is 25.6 Å². The molecule has 0 bridgehead atoms. The van der Waals surface area contributed by atoms with Crippen molar-refractivity contribution in [1.29, 1.82) is 0 Å². The maximum Gasteiger partial charge on any atom is 0.0795 e. The largest absolute Gasteiger partial charge is 0.380 e. The molecule has 1 aromatic rings. The fraction of sp³-hybridized carbons (Fsp3) is 0.667. The quantitative estimate of drug-likeness (QED) is 0.787. The maximum atomic E-state index is 5.14. The van der Waals surface area contributed by atoms with E-state index in [4.69, 9.17) is 4.74 Å². The van der Waals surface area contributed by atoms with E-state index in [0.29, 0.717) is 6.04 Å². The molecule has 1 heterocycles. The zero-order chi connectivity index (χ0) is 9.68. The maximum absolute atomic E-state index is 5.14. The van der Waals surface area contributed by atoms with Gasteiger partial charge in [0.25, 0.3) is 0 Å². The van der Waals surface area contributed by atoms with Crippen molar-refractivity contribution in [3.8, 4) is 0 Å². The third-order valence-corrected chi connectivity index (χ3v) is 2.61. The Kier molecular flexibility index (Phi) is 4.35. The number of rotatable bonds is 5. The Morgan fingerprint density at radius 3 is 2.92 bits per heavy atom. The van der Waals surface area contributed by atoms with Gasteiger partial charge in [-0.1, -0.05) is 0 Å². The summed E-state index contributed by atoms with van der Waals surface area (Å²) in [5, 5.41) is 5.42. The first-order valence-electron chi connectivity index (χ1n) is 4.38. The number of hydrogen-bond acceptors (Lipinski definition) is 4. The fourth-order valence-corrected chi connectivity index (χ4v) is 1.61. The van der Waals surface area contributed by atoms with Gasteiger partial charge in [0.15, 0.2) is 0 Å². The lowest BCUT2D eigenvalue weighted by atomic mass is 10.2. The van der Waals surface area contributed by atoms with E-state index in [9.17, 15) is 0 Å². The molecular weight excluding hydrogens is 184 g/mol. The van der Waals surface area contributed by atoms with Gasteiger partial charge in [0.05, 0.1) is 17.3 Å². The van der Waals surface area contributed by atoms with Crippen LogP contribution in [0, 0.1) is 0 Å². The summed E-state index contributed by atoms with van der Waals surface area (Å²) >= 11 is 1.63. The number of nitrogens with zero attached hydrogens (tertiary/aromatic N) is 1. The van der Waals surface area contributed by atoms with Crippen LogP contribution in [0.4, 0.5) is 0 Å². The molecule has 4 heteroatoms. The predicted molar refractivity (Wildman–Crippen MR) is 55.0 cm³/mol. The van der Waals surface area contributed by atoms with E-state index < -0.39 is 0 Å². The van der Waals surface area contributed by atoms with Gasteiger partial charge in [0.1, 0.15) is 0 Å². The molecular formula is C9H16N2OS. The van der Waals surface area contributed by atoms with Crippen LogP contribution in [0.15, 0.2) is 10.9 Å². The van der Waals surface area contributed by atoms with E-state index >= 15 is 0 Å². The fourth-order valence-electron chi connectivity index (χ4n) is 0.966. The highest BCUT2D eigenvalue weighted by Crippen LogP contribution is 2.11. The Morgan fingerprint density at radius 1 is 1.62 bits per heavy atom. The number of thiazole rings is 1. The number of methoxy groups -OCH3 is 1. The monoisotopic (exact) mass is 200 g/mol. The molecule has 0 aromatic carbocycles. The SMILES string of the molecule is COC(C)CNC(C)c1cscn1. The minimum absolute atomic E-state index is 0.251. The molecule has 0 aliphatic heterocycles. The predicted octanol–water partition coefficient (Wildman–Crippen LogP) is 1.83. The lowest BCUT2D eigenvalue weighted by molar-refractivity contribution is 0.114. The molecule has 3 nitrogen and oxygen atoms in total. The highest BCUT2D eigenvalue weighted by atomic mass is 32.1. The number of hydrogen-bond donors (Lipinski definition) is 1. The van der Waals surface area contributed by atoms with E-state index in [1.807, 2.05) is 12.4 Å². The van der Waals surface area contributed by atoms with Crippen LogP contribution in [0.3, 0.4) is 0 Å². The first-order chi connectivity index (χ1) is 6.24. The molecule has 0 radical (unpaired) electrons. The highest BCUT2D eigenvalue weighted by molar-refractivity contribution is 7.07. The van der Waals surface area contributed by atoms with E-state index in [1.54, 1.807) is 18.4 Å². The van der Waals surface area contributed by atoms with Crippen LogP contribution in [-0.2, 0) is 4.74 Å². The molecule has 0 fully saturated rings. The van der Waals surface area contributed by atoms with Crippen LogP contribution in [0.2, 0.25) is 0 Å². The van der Waals surface area contributed by atoms with Crippen molar-refractivity contribution in [2.75, 3.05) is 13.7 Å². The van der Waals surface area contributed by atoms with Gasteiger partial charge in [-0.3, -0.25) is 0 Å². The molecule has 0 saturated carbocycles. The zero-order valence-electron chi connectivity index (χ0n) is 8.28. The summed E-state index contributed by atoms with van der Waals surface area (Å²) in [6.45, 7) is 5.01. The van der Waals surface area contributed by atoms with Gasteiger partial charge < -0.3 is 10.1 Å². The van der Waals surface area contributed by atoms with Crippen molar-refractivity contribution in [2.45, 2.75) is 26.0 Å². The lowest BCUT2D eigenvalue weighted by Crippen LogP contribution is -2.28. The summed E-state index contributed by atoms with van der Waals surface area (Å²) in [6, 6.07) is 0.309. The zero-order valence-corrected chi connectivity index (χ0v) is 9.10. The third kappa shape index (κ3) is 3.42. The Bertz CT molecular complexity index is 226. The second-order valence-electron chi connectivity index (χ2n) is 3.09. The van der Waals surface area contributed by atoms with Gasteiger partial charge in [-0.15, -0.1) is 11.3 Å². The number of ether oxygens (including phenoxy) is 1. The van der Waals surface area contributed by atoms with Crippen molar-refractivity contribution >= 4 is 11.3 Å². The minimum atomic E-state index is 0.251. The second kappa shape index (κ2) is 5.32. The van der Waals surface area contributed by atoms with Crippen molar-refractivity contribution in [1.82, 2.24) is 10.3 Å². The molecule has 0 spiro atoms. The Labute approximate surface area is 83.1 Å². The van der Waals surface area contributed by atoms with E-state index in [0.717, 1.165) is 12.2 Å². The van der Waals surface area contributed by atoms with E-state index in [1.165, 1.54) is 0 Å². The van der Waals surface area contributed by atoms with Gasteiger partial charge in [-0.25, -0.2) is 4.98 Å². The van der Waals surface area contributed by atoms with Crippen LogP contribution >= 0.6 is 11.3 Å². The van der Waals surface area contributed by atoms with Crippen molar-refractivity contribution < 1.29 is 4.74 Å². The molecule has 74 valence electrons. The Balaban J connectivity index is 2.30. The summed E-state index contributed by atoms with van der Waals surface area (Å²) in [4.78, 5) is 4.24. The summed E-state index contributed by atoms with van der Waals surface area (Å²) in [5.74, 6) is 0. The molecule has 1 rings (SSSR count). The Hall–Kier alpha value is -0.450.